The van der Waals surface area contributed by atoms with Crippen LogP contribution in [-0.4, -0.2) is 46.2 Å². The van der Waals surface area contributed by atoms with Crippen LogP contribution in [0.5, 0.6) is 5.75 Å². The monoisotopic (exact) mass is 442 g/mol. The van der Waals surface area contributed by atoms with Crippen LogP contribution in [0.2, 0.25) is 0 Å². The minimum atomic E-state index is -5.12. The van der Waals surface area contributed by atoms with Gasteiger partial charge in [-0.15, -0.1) is 0 Å². The Kier molecular flexibility index (Phi) is 5.03. The molecule has 0 aliphatic heterocycles. The van der Waals surface area contributed by atoms with Gasteiger partial charge in [0, 0.05) is 50.5 Å². The third kappa shape index (κ3) is 3.46. The van der Waals surface area contributed by atoms with E-state index in [9.17, 15) is 27.1 Å². The van der Waals surface area contributed by atoms with Gasteiger partial charge in [-0.3, -0.25) is 4.68 Å². The van der Waals surface area contributed by atoms with E-state index in [1.54, 1.807) is 20.2 Å². The van der Waals surface area contributed by atoms with Gasteiger partial charge >= 0.3 is 6.18 Å². The fraction of sp³-hybridized carbons (Fsp3) is 0.400. The molecule has 1 aliphatic carbocycles. The van der Waals surface area contributed by atoms with Crippen LogP contribution in [0.4, 0.5) is 27.8 Å². The maximum Gasteiger partial charge on any atom is 0.419 e. The normalized spacial score (nSPS) is 19.0. The predicted octanol–water partition coefficient (Wildman–Crippen LogP) is 4.25. The van der Waals surface area contributed by atoms with E-state index in [0.29, 0.717) is 17.4 Å². The molecule has 11 heteroatoms. The van der Waals surface area contributed by atoms with E-state index in [4.69, 9.17) is 4.74 Å². The summed E-state index contributed by atoms with van der Waals surface area (Å²) in [4.78, 5) is 6.32. The topological polar surface area (TPSA) is 63.4 Å². The second-order valence-corrected chi connectivity index (χ2v) is 7.57. The van der Waals surface area contributed by atoms with Gasteiger partial charge in [0.1, 0.15) is 11.5 Å². The number of hydrogen-bond acceptors (Lipinski definition) is 5. The fourth-order valence-electron chi connectivity index (χ4n) is 3.77. The van der Waals surface area contributed by atoms with Crippen LogP contribution in [0.3, 0.4) is 0 Å². The van der Waals surface area contributed by atoms with Crippen molar-refractivity contribution in [2.24, 2.45) is 7.05 Å². The second kappa shape index (κ2) is 7.33. The highest BCUT2D eigenvalue weighted by atomic mass is 19.4. The molecular weight excluding hydrogens is 423 g/mol. The first kappa shape index (κ1) is 21.3. The molecule has 2 aromatic heterocycles. The van der Waals surface area contributed by atoms with Crippen molar-refractivity contribution in [3.63, 3.8) is 0 Å². The summed E-state index contributed by atoms with van der Waals surface area (Å²) in [7, 11) is 5.07. The van der Waals surface area contributed by atoms with E-state index in [-0.39, 0.29) is 23.2 Å². The Bertz CT molecular complexity index is 1150. The standard InChI is InChI=1S/C20H19F5N4O2/c1-28(9-4-10(5-9)31-3)15-7-14-12(8-26-15)18(27-29(14)2)11-6-13(20(23,24)25)17(22)19(30)16(11)21/h6-10,30H,4-5H2,1-3H3/t9-,10+. The molecule has 0 radical (unpaired) electrons. The van der Waals surface area contributed by atoms with Crippen LogP contribution >= 0.6 is 0 Å². The van der Waals surface area contributed by atoms with Gasteiger partial charge in [-0.05, 0) is 18.9 Å². The molecule has 1 fully saturated rings. The van der Waals surface area contributed by atoms with Gasteiger partial charge in [0.05, 0.1) is 17.2 Å². The minimum absolute atomic E-state index is 0.180. The number of alkyl halides is 3. The lowest BCUT2D eigenvalue weighted by Crippen LogP contribution is -2.46. The Hall–Kier alpha value is -2.95. The molecule has 0 saturated heterocycles. The maximum absolute atomic E-state index is 14.5. The number of nitrogens with zero attached hydrogens (tertiary/aromatic N) is 4. The number of hydrogen-bond donors (Lipinski definition) is 1. The lowest BCUT2D eigenvalue weighted by atomic mass is 9.88. The summed E-state index contributed by atoms with van der Waals surface area (Å²) in [6.07, 6.45) is -1.88. The van der Waals surface area contributed by atoms with Crippen molar-refractivity contribution in [1.82, 2.24) is 14.8 Å². The van der Waals surface area contributed by atoms with Crippen molar-refractivity contribution >= 4 is 16.7 Å². The van der Waals surface area contributed by atoms with E-state index in [2.05, 4.69) is 10.1 Å². The smallest absolute Gasteiger partial charge is 0.419 e. The number of aryl methyl sites for hydroxylation is 1. The quantitative estimate of drug-likeness (QED) is 0.612. The van der Waals surface area contributed by atoms with E-state index < -0.39 is 34.7 Å². The van der Waals surface area contributed by atoms with Gasteiger partial charge in [-0.25, -0.2) is 13.8 Å². The molecule has 6 nitrogen and oxygen atoms in total. The molecule has 2 heterocycles. The van der Waals surface area contributed by atoms with Crippen LogP contribution in [0, 0.1) is 11.6 Å². The minimum Gasteiger partial charge on any atom is -0.503 e. The highest BCUT2D eigenvalue weighted by Crippen LogP contribution is 2.42. The lowest BCUT2D eigenvalue weighted by Gasteiger charge is -2.40. The molecule has 1 aliphatic rings. The van der Waals surface area contributed by atoms with Crippen LogP contribution < -0.4 is 4.90 Å². The van der Waals surface area contributed by atoms with Crippen molar-refractivity contribution in [2.75, 3.05) is 19.1 Å². The van der Waals surface area contributed by atoms with Crippen molar-refractivity contribution in [2.45, 2.75) is 31.2 Å². The summed E-state index contributed by atoms with van der Waals surface area (Å²) >= 11 is 0. The number of methoxy groups -OCH3 is 1. The molecule has 0 amide bonds. The predicted molar refractivity (Wildman–Crippen MR) is 103 cm³/mol. The average molecular weight is 442 g/mol. The summed E-state index contributed by atoms with van der Waals surface area (Å²) in [5.41, 5.74) is -2.13. The van der Waals surface area contributed by atoms with Crippen molar-refractivity contribution < 1.29 is 31.8 Å². The Morgan fingerprint density at radius 1 is 1.19 bits per heavy atom. The molecule has 1 saturated carbocycles. The summed E-state index contributed by atoms with van der Waals surface area (Å²) in [6.45, 7) is 0. The molecule has 0 atom stereocenters. The van der Waals surface area contributed by atoms with Gasteiger partial charge in [0.25, 0.3) is 0 Å². The zero-order chi connectivity index (χ0) is 22.7. The number of rotatable bonds is 4. The lowest BCUT2D eigenvalue weighted by molar-refractivity contribution is -0.140. The molecule has 166 valence electrons. The van der Waals surface area contributed by atoms with Crippen molar-refractivity contribution in [1.29, 1.82) is 0 Å². The third-order valence-corrected chi connectivity index (χ3v) is 5.77. The number of benzene rings is 1. The van der Waals surface area contributed by atoms with E-state index in [1.165, 1.54) is 10.9 Å². The van der Waals surface area contributed by atoms with Crippen molar-refractivity contribution in [3.8, 4) is 17.0 Å². The highest BCUT2D eigenvalue weighted by molar-refractivity contribution is 5.94. The molecule has 0 bridgehead atoms. The Labute approximate surface area is 173 Å². The molecule has 1 N–H and O–H groups in total. The zero-order valence-corrected chi connectivity index (χ0v) is 16.8. The molecule has 3 aromatic rings. The number of phenols is 1. The summed E-state index contributed by atoms with van der Waals surface area (Å²) < 4.78 is 74.5. The largest absolute Gasteiger partial charge is 0.503 e. The van der Waals surface area contributed by atoms with E-state index in [1.807, 2.05) is 11.9 Å². The van der Waals surface area contributed by atoms with Gasteiger partial charge in [0.2, 0.25) is 0 Å². The van der Waals surface area contributed by atoms with Crippen molar-refractivity contribution in [3.05, 3.63) is 35.5 Å². The van der Waals surface area contributed by atoms with Gasteiger partial charge < -0.3 is 14.7 Å². The summed E-state index contributed by atoms with van der Waals surface area (Å²) in [5.74, 6) is -4.68. The van der Waals surface area contributed by atoms with Gasteiger partial charge in [0.15, 0.2) is 17.4 Å². The number of fused-ring (bicyclic) bond motifs is 1. The Morgan fingerprint density at radius 3 is 2.48 bits per heavy atom. The van der Waals surface area contributed by atoms with Crippen LogP contribution in [-0.2, 0) is 18.0 Å². The van der Waals surface area contributed by atoms with Crippen LogP contribution in [0.15, 0.2) is 18.3 Å². The number of aromatic hydroxyl groups is 1. The number of ether oxygens (including phenoxy) is 1. The molecule has 1 aromatic carbocycles. The number of pyridine rings is 1. The molecular formula is C20H19F5N4O2. The number of aromatic nitrogens is 3. The van der Waals surface area contributed by atoms with E-state index >= 15 is 0 Å². The highest BCUT2D eigenvalue weighted by Gasteiger charge is 2.38. The number of anilines is 1. The second-order valence-electron chi connectivity index (χ2n) is 7.57. The molecule has 31 heavy (non-hydrogen) atoms. The SMILES string of the molecule is CO[C@H]1C[C@@H](N(C)c2cc3c(cn2)c(-c2cc(C(F)(F)F)c(F)c(O)c2F)nn3C)C1. The molecule has 0 unspecified atom stereocenters. The average Bonchev–Trinajstić information content (AvgIpc) is 3.00. The first-order valence-electron chi connectivity index (χ1n) is 9.39. The van der Waals surface area contributed by atoms with Gasteiger partial charge in [-0.1, -0.05) is 0 Å². The maximum atomic E-state index is 14.5. The summed E-state index contributed by atoms with van der Waals surface area (Å²) in [5, 5.41) is 14.0. The third-order valence-electron chi connectivity index (χ3n) is 5.77. The number of halogens is 5. The fourth-order valence-corrected chi connectivity index (χ4v) is 3.77. The first-order chi connectivity index (χ1) is 14.5. The molecule has 0 spiro atoms. The number of phenolic OH excluding ortho intramolecular Hbond substituents is 1. The van der Waals surface area contributed by atoms with E-state index in [0.717, 1.165) is 12.8 Å². The molecule has 4 rings (SSSR count). The van der Waals surface area contributed by atoms with Crippen LogP contribution in [0.1, 0.15) is 18.4 Å². The van der Waals surface area contributed by atoms with Crippen LogP contribution in [0.25, 0.3) is 22.2 Å². The summed E-state index contributed by atoms with van der Waals surface area (Å²) in [6, 6.07) is 2.23. The zero-order valence-electron chi connectivity index (χ0n) is 16.8. The first-order valence-corrected chi connectivity index (χ1v) is 9.39. The Morgan fingerprint density at radius 2 is 1.87 bits per heavy atom. The van der Waals surface area contributed by atoms with Gasteiger partial charge in [-0.2, -0.15) is 18.3 Å². The Balaban J connectivity index is 1.79.